The molecule has 1 unspecified atom stereocenters. The topological polar surface area (TPSA) is 46.2 Å². The molecule has 16 heavy (non-hydrogen) atoms. The highest BCUT2D eigenvalue weighted by Crippen LogP contribution is 2.34. The van der Waals surface area contributed by atoms with Gasteiger partial charge in [-0.3, -0.25) is 0 Å². The number of benzene rings is 1. The van der Waals surface area contributed by atoms with Gasteiger partial charge < -0.3 is 5.32 Å². The summed E-state index contributed by atoms with van der Waals surface area (Å²) in [5.41, 5.74) is 2.93. The molecule has 0 spiro atoms. The summed E-state index contributed by atoms with van der Waals surface area (Å²) in [5, 5.41) is 3.19. The molecule has 0 saturated heterocycles. The Hall–Kier alpha value is -0.870. The molecule has 1 atom stereocenters. The van der Waals surface area contributed by atoms with Crippen LogP contribution in [0.3, 0.4) is 0 Å². The number of rotatable bonds is 1. The van der Waals surface area contributed by atoms with E-state index in [2.05, 4.69) is 5.32 Å². The van der Waals surface area contributed by atoms with Gasteiger partial charge in [-0.2, -0.15) is 0 Å². The van der Waals surface area contributed by atoms with E-state index in [0.29, 0.717) is 11.3 Å². The van der Waals surface area contributed by atoms with Crippen LogP contribution >= 0.6 is 0 Å². The summed E-state index contributed by atoms with van der Waals surface area (Å²) in [6.07, 6.45) is 0.661. The van der Waals surface area contributed by atoms with Crippen molar-refractivity contribution in [3.63, 3.8) is 0 Å². The largest absolute Gasteiger partial charge is 0.313 e. The Labute approximate surface area is 96.8 Å². The van der Waals surface area contributed by atoms with Crippen molar-refractivity contribution in [3.8, 4) is 0 Å². The Morgan fingerprint density at radius 3 is 2.62 bits per heavy atom. The van der Waals surface area contributed by atoms with Crippen molar-refractivity contribution in [2.24, 2.45) is 0 Å². The standard InChI is InChI=1S/C12H17NO2S/c1-8-6-9(2)12-10(7-8)11(13-3)4-5-16(12,14)15/h6-7,11,13H,4-5H2,1-3H3. The Morgan fingerprint density at radius 1 is 1.31 bits per heavy atom. The molecule has 2 rings (SSSR count). The summed E-state index contributed by atoms with van der Waals surface area (Å²) in [5.74, 6) is 0.245. The van der Waals surface area contributed by atoms with E-state index >= 15 is 0 Å². The van der Waals surface area contributed by atoms with Crippen molar-refractivity contribution >= 4 is 9.84 Å². The number of hydrogen-bond donors (Lipinski definition) is 1. The lowest BCUT2D eigenvalue weighted by atomic mass is 9.99. The monoisotopic (exact) mass is 239 g/mol. The lowest BCUT2D eigenvalue weighted by molar-refractivity contribution is 0.527. The normalized spacial score (nSPS) is 22.8. The molecule has 3 nitrogen and oxygen atoms in total. The summed E-state index contributed by atoms with van der Waals surface area (Å²) in [7, 11) is -1.19. The van der Waals surface area contributed by atoms with E-state index in [4.69, 9.17) is 0 Å². The van der Waals surface area contributed by atoms with E-state index in [0.717, 1.165) is 16.7 Å². The van der Waals surface area contributed by atoms with Gasteiger partial charge in [-0.1, -0.05) is 17.7 Å². The molecule has 1 heterocycles. The summed E-state index contributed by atoms with van der Waals surface area (Å²) in [6.45, 7) is 3.88. The van der Waals surface area contributed by atoms with Crippen LogP contribution in [0.2, 0.25) is 0 Å². The van der Waals surface area contributed by atoms with Gasteiger partial charge in [0.2, 0.25) is 0 Å². The van der Waals surface area contributed by atoms with Crippen LogP contribution < -0.4 is 5.32 Å². The van der Waals surface area contributed by atoms with Crippen LogP contribution in [0.15, 0.2) is 17.0 Å². The molecule has 1 aromatic rings. The van der Waals surface area contributed by atoms with Gasteiger partial charge in [0, 0.05) is 6.04 Å². The zero-order valence-corrected chi connectivity index (χ0v) is 10.7. The van der Waals surface area contributed by atoms with Crippen molar-refractivity contribution in [1.82, 2.24) is 5.32 Å². The third kappa shape index (κ3) is 1.76. The number of aryl methyl sites for hydroxylation is 2. The highest BCUT2D eigenvalue weighted by molar-refractivity contribution is 7.91. The SMILES string of the molecule is CNC1CCS(=O)(=O)c2c(C)cc(C)cc21. The van der Waals surface area contributed by atoms with Gasteiger partial charge in [-0.05, 0) is 38.4 Å². The molecule has 0 radical (unpaired) electrons. The molecular formula is C12H17NO2S. The number of nitrogens with one attached hydrogen (secondary N) is 1. The molecule has 0 saturated carbocycles. The predicted molar refractivity (Wildman–Crippen MR) is 64.4 cm³/mol. The molecule has 0 bridgehead atoms. The molecule has 1 aliphatic rings. The summed E-state index contributed by atoms with van der Waals surface area (Å²) < 4.78 is 24.1. The number of hydrogen-bond acceptors (Lipinski definition) is 3. The molecule has 0 amide bonds. The van der Waals surface area contributed by atoms with Gasteiger partial charge in [0.15, 0.2) is 9.84 Å². The molecule has 1 aliphatic heterocycles. The molecule has 0 aliphatic carbocycles. The van der Waals surface area contributed by atoms with E-state index < -0.39 is 9.84 Å². The predicted octanol–water partition coefficient (Wildman–Crippen LogP) is 1.74. The summed E-state index contributed by atoms with van der Waals surface area (Å²) >= 11 is 0. The molecular weight excluding hydrogens is 222 g/mol. The first-order valence-corrected chi connectivity index (χ1v) is 7.12. The van der Waals surface area contributed by atoms with Crippen molar-refractivity contribution in [2.75, 3.05) is 12.8 Å². The second kappa shape index (κ2) is 3.86. The van der Waals surface area contributed by atoms with Gasteiger partial charge in [0.05, 0.1) is 10.6 Å². The molecule has 88 valence electrons. The van der Waals surface area contributed by atoms with Crippen LogP contribution in [0.25, 0.3) is 0 Å². The smallest absolute Gasteiger partial charge is 0.179 e. The van der Waals surface area contributed by atoms with Crippen LogP contribution in [-0.4, -0.2) is 21.2 Å². The van der Waals surface area contributed by atoms with Crippen LogP contribution in [0, 0.1) is 13.8 Å². The number of sulfone groups is 1. The zero-order chi connectivity index (χ0) is 11.9. The number of fused-ring (bicyclic) bond motifs is 1. The van der Waals surface area contributed by atoms with Gasteiger partial charge in [-0.15, -0.1) is 0 Å². The third-order valence-electron chi connectivity index (χ3n) is 3.16. The van der Waals surface area contributed by atoms with Crippen molar-refractivity contribution < 1.29 is 8.42 Å². The maximum Gasteiger partial charge on any atom is 0.179 e. The van der Waals surface area contributed by atoms with Crippen LogP contribution in [0.4, 0.5) is 0 Å². The van der Waals surface area contributed by atoms with Gasteiger partial charge in [0.25, 0.3) is 0 Å². The maximum atomic E-state index is 12.0. The first-order valence-electron chi connectivity index (χ1n) is 5.47. The lowest BCUT2D eigenvalue weighted by Gasteiger charge is -2.26. The summed E-state index contributed by atoms with van der Waals surface area (Å²) in [6, 6.07) is 4.09. The van der Waals surface area contributed by atoms with E-state index in [1.54, 1.807) is 0 Å². The maximum absolute atomic E-state index is 12.0. The van der Waals surface area contributed by atoms with Crippen LogP contribution in [0.5, 0.6) is 0 Å². The Kier molecular flexibility index (Phi) is 2.80. The Bertz CT molecular complexity index is 520. The van der Waals surface area contributed by atoms with E-state index in [1.807, 2.05) is 33.0 Å². The van der Waals surface area contributed by atoms with Gasteiger partial charge in [0.1, 0.15) is 0 Å². The molecule has 1 N–H and O–H groups in total. The van der Waals surface area contributed by atoms with E-state index in [9.17, 15) is 8.42 Å². The molecule has 0 aromatic heterocycles. The highest BCUT2D eigenvalue weighted by Gasteiger charge is 2.30. The van der Waals surface area contributed by atoms with Crippen molar-refractivity contribution in [3.05, 3.63) is 28.8 Å². The van der Waals surface area contributed by atoms with Crippen LogP contribution in [0.1, 0.15) is 29.2 Å². The zero-order valence-electron chi connectivity index (χ0n) is 9.87. The second-order valence-electron chi connectivity index (χ2n) is 4.45. The van der Waals surface area contributed by atoms with Gasteiger partial charge in [-0.25, -0.2) is 8.42 Å². The van der Waals surface area contributed by atoms with E-state index in [-0.39, 0.29) is 11.8 Å². The fraction of sp³-hybridized carbons (Fsp3) is 0.500. The van der Waals surface area contributed by atoms with E-state index in [1.165, 1.54) is 0 Å². The average Bonchev–Trinajstić information content (AvgIpc) is 2.15. The Balaban J connectivity index is 2.74. The van der Waals surface area contributed by atoms with Crippen molar-refractivity contribution in [1.29, 1.82) is 0 Å². The molecule has 4 heteroatoms. The summed E-state index contributed by atoms with van der Waals surface area (Å²) in [4.78, 5) is 0.545. The third-order valence-corrected chi connectivity index (χ3v) is 5.11. The molecule has 0 fully saturated rings. The fourth-order valence-corrected chi connectivity index (χ4v) is 4.36. The second-order valence-corrected chi connectivity index (χ2v) is 6.49. The Morgan fingerprint density at radius 2 is 2.00 bits per heavy atom. The molecule has 1 aromatic carbocycles. The first kappa shape index (κ1) is 11.6. The minimum absolute atomic E-state index is 0.164. The first-order chi connectivity index (χ1) is 7.45. The fourth-order valence-electron chi connectivity index (χ4n) is 2.50. The average molecular weight is 239 g/mol. The minimum atomic E-state index is -3.07. The van der Waals surface area contributed by atoms with Crippen LogP contribution in [-0.2, 0) is 9.84 Å². The quantitative estimate of drug-likeness (QED) is 0.812. The van der Waals surface area contributed by atoms with Crippen molar-refractivity contribution in [2.45, 2.75) is 31.2 Å². The van der Waals surface area contributed by atoms with Gasteiger partial charge >= 0.3 is 0 Å². The highest BCUT2D eigenvalue weighted by atomic mass is 32.2. The minimum Gasteiger partial charge on any atom is -0.313 e. The lowest BCUT2D eigenvalue weighted by Crippen LogP contribution is -2.28.